The van der Waals surface area contributed by atoms with Gasteiger partial charge in [-0.05, 0) is 61.4 Å². The Balaban J connectivity index is 0.000000198. The minimum atomic E-state index is -0.568. The van der Waals surface area contributed by atoms with Crippen molar-refractivity contribution in [2.24, 2.45) is 0 Å². The maximum atomic E-state index is 13.0. The summed E-state index contributed by atoms with van der Waals surface area (Å²) in [4.78, 5) is 58.0. The molecule has 0 unspecified atom stereocenters. The highest BCUT2D eigenvalue weighted by Gasteiger charge is 2.40. The van der Waals surface area contributed by atoms with Crippen LogP contribution < -0.4 is 31.1 Å². The number of anilines is 6. The van der Waals surface area contributed by atoms with Crippen LogP contribution >= 0.6 is 27.0 Å². The molecule has 4 bridgehead atoms. The lowest BCUT2D eigenvalue weighted by atomic mass is 10.2. The first-order chi connectivity index (χ1) is 24.1. The molecule has 8 heterocycles. The molecule has 0 saturated carbocycles. The summed E-state index contributed by atoms with van der Waals surface area (Å²) in [5.74, 6) is -0.0213. The number of hydrogen-bond acceptors (Lipinski definition) is 13. The van der Waals surface area contributed by atoms with Crippen LogP contribution in [0.3, 0.4) is 0 Å². The Morgan fingerprint density at radius 3 is 2.04 bits per heavy atom. The van der Waals surface area contributed by atoms with Crippen molar-refractivity contribution in [1.29, 1.82) is 0 Å². The molecule has 2 saturated heterocycles. The Morgan fingerprint density at radius 2 is 1.42 bits per heavy atom. The molecule has 4 aromatic heterocycles. The quantitative estimate of drug-likeness (QED) is 0.256. The molecule has 4 aliphatic heterocycles. The maximum absolute atomic E-state index is 13.0. The second-order valence-corrected chi connectivity index (χ2v) is 11.6. The number of nitrogens with zero attached hydrogens (tertiary/aromatic N) is 7. The van der Waals surface area contributed by atoms with Crippen molar-refractivity contribution in [1.82, 2.24) is 19.9 Å². The number of nitrogen functional groups attached to an aromatic ring is 1. The standard InChI is InChI=1S/C17H16FN5O3.C11H13N3O2.C5H5FN2.2H2S/c1-26-16(24)12-3-4-13-15(20-12)23(11-6-7-22(13)9-11)17(25)21-14-5-2-10(18)8-19-14;1-16-11(15)8-2-3-9-10(13-8)12-7-4-5-14(9)6-7;6-4-1-2-5(7)8-3-4;;/h2-5,8,11H,6-7,9H2,1H3,(H,19,21,25);2-3,7H,4-6H2,1H3,(H,12,13);1-3H,(H2,7,8);2*1H2/t11-;7-;;;/m00.../s1. The van der Waals surface area contributed by atoms with Crippen LogP contribution in [0.2, 0.25) is 0 Å². The van der Waals surface area contributed by atoms with Crippen molar-refractivity contribution in [2.75, 3.05) is 71.5 Å². The summed E-state index contributed by atoms with van der Waals surface area (Å²) in [6, 6.07) is 12.3. The van der Waals surface area contributed by atoms with E-state index in [-0.39, 0.29) is 50.4 Å². The number of carbonyl (C=O) groups is 3. The van der Waals surface area contributed by atoms with E-state index in [9.17, 15) is 23.2 Å². The van der Waals surface area contributed by atoms with Crippen LogP contribution in [0.25, 0.3) is 0 Å². The molecule has 0 aromatic carbocycles. The Hall–Kier alpha value is -5.43. The van der Waals surface area contributed by atoms with Crippen molar-refractivity contribution >= 4 is 79.6 Å². The van der Waals surface area contributed by atoms with Crippen LogP contribution in [0.4, 0.5) is 48.2 Å². The summed E-state index contributed by atoms with van der Waals surface area (Å²) in [5, 5.41) is 6.01. The number of urea groups is 1. The van der Waals surface area contributed by atoms with Gasteiger partial charge < -0.3 is 30.3 Å². The number of fused-ring (bicyclic) bond motifs is 8. The van der Waals surface area contributed by atoms with Crippen molar-refractivity contribution in [3.8, 4) is 0 Å². The predicted molar refractivity (Wildman–Crippen MR) is 201 cm³/mol. The molecule has 15 nitrogen and oxygen atoms in total. The molecular formula is C33H38F2N10O5S2. The maximum Gasteiger partial charge on any atom is 0.356 e. The zero-order valence-electron chi connectivity index (χ0n) is 28.2. The first-order valence-electron chi connectivity index (χ1n) is 15.7. The Labute approximate surface area is 311 Å². The molecule has 276 valence electrons. The summed E-state index contributed by atoms with van der Waals surface area (Å²) in [5.41, 5.74) is 7.51. The number of nitrogens with one attached hydrogen (secondary N) is 2. The Bertz CT molecular complexity index is 1870. The van der Waals surface area contributed by atoms with Gasteiger partial charge in [-0.1, -0.05) is 0 Å². The average molecular weight is 757 g/mol. The highest BCUT2D eigenvalue weighted by Crippen LogP contribution is 2.39. The Kier molecular flexibility index (Phi) is 13.0. The number of carbonyl (C=O) groups excluding carboxylic acids is 3. The third kappa shape index (κ3) is 8.71. The van der Waals surface area contributed by atoms with E-state index in [0.29, 0.717) is 29.9 Å². The van der Waals surface area contributed by atoms with Crippen LogP contribution in [0.5, 0.6) is 0 Å². The van der Waals surface area contributed by atoms with Gasteiger partial charge in [0.2, 0.25) is 0 Å². The average Bonchev–Trinajstić information content (AvgIpc) is 3.74. The van der Waals surface area contributed by atoms with Crippen LogP contribution in [0, 0.1) is 11.6 Å². The van der Waals surface area contributed by atoms with Gasteiger partial charge in [0.1, 0.15) is 23.3 Å². The molecule has 0 aliphatic carbocycles. The fourth-order valence-electron chi connectivity index (χ4n) is 6.02. The fraction of sp³-hybridized carbons (Fsp3) is 0.303. The minimum absolute atomic E-state index is 0. The molecule has 0 spiro atoms. The summed E-state index contributed by atoms with van der Waals surface area (Å²) in [6.45, 7) is 3.59. The highest BCUT2D eigenvalue weighted by atomic mass is 32.1. The van der Waals surface area contributed by atoms with Gasteiger partial charge in [-0.2, -0.15) is 27.0 Å². The zero-order valence-corrected chi connectivity index (χ0v) is 30.2. The largest absolute Gasteiger partial charge is 0.464 e. The lowest BCUT2D eigenvalue weighted by molar-refractivity contribution is 0.0585. The fourth-order valence-corrected chi connectivity index (χ4v) is 6.02. The smallest absolute Gasteiger partial charge is 0.356 e. The number of pyridine rings is 4. The van der Waals surface area contributed by atoms with E-state index in [4.69, 9.17) is 10.5 Å². The Morgan fingerprint density at radius 1 is 0.808 bits per heavy atom. The molecule has 8 rings (SSSR count). The van der Waals surface area contributed by atoms with Gasteiger partial charge in [0.05, 0.1) is 44.0 Å². The number of esters is 2. The van der Waals surface area contributed by atoms with E-state index in [1.807, 2.05) is 6.07 Å². The van der Waals surface area contributed by atoms with E-state index >= 15 is 0 Å². The number of halogens is 2. The summed E-state index contributed by atoms with van der Waals surface area (Å²) in [7, 11) is 2.64. The lowest BCUT2D eigenvalue weighted by Crippen LogP contribution is -2.48. The zero-order chi connectivity index (χ0) is 35.4. The topological polar surface area (TPSA) is 181 Å². The van der Waals surface area contributed by atoms with E-state index in [1.54, 1.807) is 18.2 Å². The van der Waals surface area contributed by atoms with Crippen molar-refractivity contribution in [2.45, 2.75) is 24.9 Å². The van der Waals surface area contributed by atoms with Crippen LogP contribution in [0.15, 0.2) is 60.9 Å². The van der Waals surface area contributed by atoms with E-state index < -0.39 is 23.8 Å². The second kappa shape index (κ2) is 17.2. The number of nitrogens with two attached hydrogens (primary N) is 1. The molecule has 4 N–H and O–H groups in total. The van der Waals surface area contributed by atoms with E-state index in [2.05, 4.69) is 45.1 Å². The van der Waals surface area contributed by atoms with Gasteiger partial charge in [-0.25, -0.2) is 43.1 Å². The van der Waals surface area contributed by atoms with Crippen molar-refractivity contribution < 1.29 is 32.6 Å². The normalized spacial score (nSPS) is 16.8. The first-order valence-corrected chi connectivity index (χ1v) is 15.7. The van der Waals surface area contributed by atoms with Crippen LogP contribution in [-0.4, -0.2) is 90.4 Å². The molecular weight excluding hydrogens is 719 g/mol. The van der Waals surface area contributed by atoms with Gasteiger partial charge in [0.25, 0.3) is 0 Å². The number of aromatic nitrogens is 4. The molecule has 2 fully saturated rings. The number of amides is 2. The van der Waals surface area contributed by atoms with Crippen LogP contribution in [-0.2, 0) is 9.47 Å². The first kappa shape index (κ1) is 39.4. The number of methoxy groups -OCH3 is 2. The molecule has 2 atom stereocenters. The predicted octanol–water partition coefficient (Wildman–Crippen LogP) is 3.93. The third-order valence-electron chi connectivity index (χ3n) is 8.42. The van der Waals surface area contributed by atoms with Crippen LogP contribution in [0.1, 0.15) is 33.8 Å². The number of hydrogen-bond donors (Lipinski definition) is 3. The minimum Gasteiger partial charge on any atom is -0.464 e. The third-order valence-corrected chi connectivity index (χ3v) is 8.42. The molecule has 4 aliphatic rings. The van der Waals surface area contributed by atoms with Crippen molar-refractivity contribution in [3.05, 3.63) is 83.9 Å². The van der Waals surface area contributed by atoms with Gasteiger partial charge in [-0.3, -0.25) is 10.2 Å². The summed E-state index contributed by atoms with van der Waals surface area (Å²) in [6.07, 6.45) is 4.03. The lowest BCUT2D eigenvalue weighted by Gasteiger charge is -2.35. The van der Waals surface area contributed by atoms with Gasteiger partial charge in [-0.15, -0.1) is 0 Å². The number of rotatable bonds is 3. The summed E-state index contributed by atoms with van der Waals surface area (Å²) < 4.78 is 34.3. The second-order valence-electron chi connectivity index (χ2n) is 11.6. The molecule has 19 heteroatoms. The van der Waals surface area contributed by atoms with E-state index in [1.165, 1.54) is 43.4 Å². The monoisotopic (exact) mass is 756 g/mol. The van der Waals surface area contributed by atoms with Gasteiger partial charge in [0.15, 0.2) is 23.0 Å². The molecule has 2 amide bonds. The van der Waals surface area contributed by atoms with Gasteiger partial charge >= 0.3 is 18.0 Å². The summed E-state index contributed by atoms with van der Waals surface area (Å²) >= 11 is 0. The van der Waals surface area contributed by atoms with Gasteiger partial charge in [0, 0.05) is 32.2 Å². The number of ether oxygens (including phenoxy) is 2. The molecule has 0 radical (unpaired) electrons. The highest BCUT2D eigenvalue weighted by molar-refractivity contribution is 7.59. The van der Waals surface area contributed by atoms with E-state index in [0.717, 1.165) is 62.1 Å². The SMILES string of the molecule is COC(=O)c1ccc2c(n1)N(C(=O)Nc1ccc(F)cn1)[C@H]1CCN2C1.COC(=O)c1ccc2c(n1)N[C@H]1CCN2C1.Nc1ccc(F)cn1.S.S. The molecule has 52 heavy (non-hydrogen) atoms. The van der Waals surface area contributed by atoms with Crippen molar-refractivity contribution in [3.63, 3.8) is 0 Å². The molecule has 4 aromatic rings.